The Hall–Kier alpha value is -0.190. The van der Waals surface area contributed by atoms with Gasteiger partial charge in [0.1, 0.15) is 0 Å². The molecule has 0 unspecified atom stereocenters. The highest BCUT2D eigenvalue weighted by atomic mass is 79.9. The average Bonchev–Trinajstić information content (AvgIpc) is 2.03. The van der Waals surface area contributed by atoms with E-state index in [1.54, 1.807) is 0 Å². The van der Waals surface area contributed by atoms with Crippen LogP contribution in [0, 0.1) is 0 Å². The highest BCUT2D eigenvalue weighted by Crippen LogP contribution is 2.25. The second kappa shape index (κ2) is 3.68. The monoisotopic (exact) mass is 241 g/mol. The van der Waals surface area contributed by atoms with E-state index in [2.05, 4.69) is 15.9 Å². The number of alkyl halides is 3. The van der Waals surface area contributed by atoms with Crippen LogP contribution in [0.1, 0.15) is 19.3 Å². The van der Waals surface area contributed by atoms with Gasteiger partial charge in [0.15, 0.2) is 0 Å². The van der Waals surface area contributed by atoms with Gasteiger partial charge in [-0.2, -0.15) is 8.78 Å². The number of nitrogens with zero attached hydrogens (tertiary/aromatic N) is 1. The van der Waals surface area contributed by atoms with Gasteiger partial charge in [-0.25, -0.2) is 0 Å². The SMILES string of the molecule is O=C(N1CCCCC1)C(F)(F)Br. The molecule has 0 spiro atoms. The van der Waals surface area contributed by atoms with E-state index < -0.39 is 10.7 Å². The molecule has 1 saturated heterocycles. The van der Waals surface area contributed by atoms with Crippen molar-refractivity contribution in [3.05, 3.63) is 0 Å². The Balaban J connectivity index is 2.51. The fourth-order valence-corrected chi connectivity index (χ4v) is 1.53. The molecule has 0 aliphatic carbocycles. The summed E-state index contributed by atoms with van der Waals surface area (Å²) in [4.78, 5) is 8.77. The second-order valence-electron chi connectivity index (χ2n) is 2.85. The zero-order chi connectivity index (χ0) is 9.19. The van der Waals surface area contributed by atoms with Gasteiger partial charge in [0.25, 0.3) is 0 Å². The first-order chi connectivity index (χ1) is 5.52. The van der Waals surface area contributed by atoms with Gasteiger partial charge in [0, 0.05) is 29.0 Å². The quantitative estimate of drug-likeness (QED) is 0.644. The molecule has 1 aliphatic heterocycles. The Bertz CT molecular complexity index is 175. The number of carbonyl (C=O) groups is 1. The maximum atomic E-state index is 12.4. The lowest BCUT2D eigenvalue weighted by atomic mass is 10.1. The lowest BCUT2D eigenvalue weighted by molar-refractivity contribution is -0.146. The topological polar surface area (TPSA) is 20.3 Å². The van der Waals surface area contributed by atoms with Crippen LogP contribution in [0.25, 0.3) is 0 Å². The molecular weight excluding hydrogens is 232 g/mol. The molecule has 0 aromatic heterocycles. The van der Waals surface area contributed by atoms with Crippen molar-refractivity contribution in [3.63, 3.8) is 0 Å². The van der Waals surface area contributed by atoms with Gasteiger partial charge in [0.2, 0.25) is 0 Å². The summed E-state index contributed by atoms with van der Waals surface area (Å²) in [7, 11) is 0. The van der Waals surface area contributed by atoms with E-state index in [4.69, 9.17) is 0 Å². The van der Waals surface area contributed by atoms with Gasteiger partial charge in [-0.1, -0.05) is 0 Å². The first kappa shape index (κ1) is 9.89. The van der Waals surface area contributed by atoms with Crippen LogP contribution in [0.15, 0.2) is 0 Å². The fraction of sp³-hybridized carbons (Fsp3) is 0.857. The van der Waals surface area contributed by atoms with Gasteiger partial charge in [-0.05, 0) is 19.3 Å². The molecule has 70 valence electrons. The summed E-state index contributed by atoms with van der Waals surface area (Å²) in [6, 6.07) is 0. The van der Waals surface area contributed by atoms with Gasteiger partial charge in [-0.3, -0.25) is 4.79 Å². The number of piperidine rings is 1. The Morgan fingerprint density at radius 2 is 1.75 bits per heavy atom. The van der Waals surface area contributed by atoms with Crippen LogP contribution < -0.4 is 0 Å². The van der Waals surface area contributed by atoms with Gasteiger partial charge < -0.3 is 4.90 Å². The third kappa shape index (κ3) is 2.40. The minimum absolute atomic E-state index is 0.458. The highest BCUT2D eigenvalue weighted by Gasteiger charge is 2.39. The number of likely N-dealkylation sites (tertiary alicyclic amines) is 1. The maximum Gasteiger partial charge on any atom is 0.377 e. The summed E-state index contributed by atoms with van der Waals surface area (Å²) in [6.07, 6.45) is 2.68. The van der Waals surface area contributed by atoms with Crippen molar-refractivity contribution in [3.8, 4) is 0 Å². The Kier molecular flexibility index (Phi) is 3.04. The van der Waals surface area contributed by atoms with Crippen LogP contribution in [0.4, 0.5) is 8.78 Å². The van der Waals surface area contributed by atoms with Crippen LogP contribution in [-0.4, -0.2) is 28.7 Å². The molecule has 0 N–H and O–H groups in total. The van der Waals surface area contributed by atoms with Gasteiger partial charge in [0.05, 0.1) is 0 Å². The van der Waals surface area contributed by atoms with Crippen molar-refractivity contribution in [2.45, 2.75) is 24.1 Å². The van der Waals surface area contributed by atoms with E-state index in [0.29, 0.717) is 13.1 Å². The highest BCUT2D eigenvalue weighted by molar-refractivity contribution is 9.10. The lowest BCUT2D eigenvalue weighted by Crippen LogP contribution is -2.42. The van der Waals surface area contributed by atoms with E-state index >= 15 is 0 Å². The Labute approximate surface area is 78.0 Å². The molecule has 1 amide bonds. The van der Waals surface area contributed by atoms with E-state index in [-0.39, 0.29) is 0 Å². The van der Waals surface area contributed by atoms with E-state index in [1.165, 1.54) is 4.90 Å². The number of amides is 1. The third-order valence-electron chi connectivity index (χ3n) is 1.89. The number of halogens is 3. The second-order valence-corrected chi connectivity index (χ2v) is 3.85. The molecule has 12 heavy (non-hydrogen) atoms. The van der Waals surface area contributed by atoms with Crippen molar-refractivity contribution in [2.24, 2.45) is 0 Å². The summed E-state index contributed by atoms with van der Waals surface area (Å²) < 4.78 is 24.9. The fourth-order valence-electron chi connectivity index (χ4n) is 1.28. The van der Waals surface area contributed by atoms with Gasteiger partial charge >= 0.3 is 10.7 Å². The first-order valence-corrected chi connectivity index (χ1v) is 4.67. The number of carbonyl (C=O) groups excluding carboxylic acids is 1. The summed E-state index contributed by atoms with van der Waals surface area (Å²) in [6.45, 7) is 0.917. The predicted octanol–water partition coefficient (Wildman–Crippen LogP) is 1.99. The Morgan fingerprint density at radius 1 is 1.25 bits per heavy atom. The average molecular weight is 242 g/mol. The van der Waals surface area contributed by atoms with Crippen LogP contribution in [0.2, 0.25) is 0 Å². The largest absolute Gasteiger partial charge is 0.377 e. The number of rotatable bonds is 1. The van der Waals surface area contributed by atoms with E-state index in [1.807, 2.05) is 0 Å². The van der Waals surface area contributed by atoms with Crippen molar-refractivity contribution in [2.75, 3.05) is 13.1 Å². The summed E-state index contributed by atoms with van der Waals surface area (Å²) in [5, 5.41) is 0. The first-order valence-electron chi connectivity index (χ1n) is 3.88. The zero-order valence-corrected chi connectivity index (χ0v) is 8.11. The molecule has 0 bridgehead atoms. The molecular formula is C7H10BrF2NO. The predicted molar refractivity (Wildman–Crippen MR) is 44.3 cm³/mol. The summed E-state index contributed by atoms with van der Waals surface area (Å²) >= 11 is 2.05. The molecule has 0 aromatic carbocycles. The Morgan fingerprint density at radius 3 is 2.17 bits per heavy atom. The smallest absolute Gasteiger partial charge is 0.337 e. The van der Waals surface area contributed by atoms with Gasteiger partial charge in [-0.15, -0.1) is 0 Å². The molecule has 0 radical (unpaired) electrons. The standard InChI is InChI=1S/C7H10BrF2NO/c8-7(9,10)6(12)11-4-2-1-3-5-11/h1-5H2. The minimum Gasteiger partial charge on any atom is -0.337 e. The third-order valence-corrected chi connectivity index (χ3v) is 2.22. The lowest BCUT2D eigenvalue weighted by Gasteiger charge is -2.27. The van der Waals surface area contributed by atoms with Crippen molar-refractivity contribution >= 4 is 21.8 Å². The minimum atomic E-state index is -3.38. The summed E-state index contributed by atoms with van der Waals surface area (Å²) in [5.74, 6) is -1.11. The van der Waals surface area contributed by atoms with Crippen molar-refractivity contribution < 1.29 is 13.6 Å². The molecule has 5 heteroatoms. The normalized spacial score (nSPS) is 19.4. The molecule has 0 aromatic rings. The molecule has 1 heterocycles. The van der Waals surface area contributed by atoms with E-state index in [0.717, 1.165) is 19.3 Å². The summed E-state index contributed by atoms with van der Waals surface area (Å²) in [5.41, 5.74) is 0. The van der Waals surface area contributed by atoms with Crippen LogP contribution in [-0.2, 0) is 4.79 Å². The molecule has 1 aliphatic rings. The zero-order valence-electron chi connectivity index (χ0n) is 6.52. The molecule has 1 rings (SSSR count). The van der Waals surface area contributed by atoms with Crippen LogP contribution in [0.3, 0.4) is 0 Å². The van der Waals surface area contributed by atoms with Crippen molar-refractivity contribution in [1.82, 2.24) is 4.90 Å². The number of hydrogen-bond acceptors (Lipinski definition) is 1. The maximum absolute atomic E-state index is 12.4. The molecule has 0 saturated carbocycles. The molecule has 0 atom stereocenters. The van der Waals surface area contributed by atoms with Crippen LogP contribution >= 0.6 is 15.9 Å². The molecule has 2 nitrogen and oxygen atoms in total. The van der Waals surface area contributed by atoms with E-state index in [9.17, 15) is 13.6 Å². The van der Waals surface area contributed by atoms with Crippen molar-refractivity contribution in [1.29, 1.82) is 0 Å². The number of hydrogen-bond donors (Lipinski definition) is 0. The van der Waals surface area contributed by atoms with Crippen LogP contribution in [0.5, 0.6) is 0 Å². The molecule has 1 fully saturated rings.